The molecular formula is C20H23N3O2. The number of nitrogens with two attached hydrogens (primary N) is 1. The summed E-state index contributed by atoms with van der Waals surface area (Å²) < 4.78 is 0. The average Bonchev–Trinajstić information content (AvgIpc) is 2.62. The Labute approximate surface area is 147 Å². The van der Waals surface area contributed by atoms with Crippen LogP contribution in [0.1, 0.15) is 40.5 Å². The molecule has 5 heteroatoms. The third-order valence-electron chi connectivity index (χ3n) is 4.61. The highest BCUT2D eigenvalue weighted by Crippen LogP contribution is 2.19. The van der Waals surface area contributed by atoms with Crippen LogP contribution in [0.15, 0.2) is 48.5 Å². The number of nitrogen functional groups attached to an aromatic ring is 1. The highest BCUT2D eigenvalue weighted by molar-refractivity contribution is 6.05. The zero-order valence-corrected chi connectivity index (χ0v) is 14.4. The Hall–Kier alpha value is -2.82. The molecule has 0 spiro atoms. The van der Waals surface area contributed by atoms with E-state index in [1.807, 2.05) is 4.90 Å². The van der Waals surface area contributed by atoms with Gasteiger partial charge in [-0.1, -0.05) is 13.0 Å². The van der Waals surface area contributed by atoms with Gasteiger partial charge < -0.3 is 16.0 Å². The second kappa shape index (κ2) is 7.38. The van der Waals surface area contributed by atoms with Crippen molar-refractivity contribution in [1.82, 2.24) is 4.90 Å². The molecule has 2 aromatic carbocycles. The van der Waals surface area contributed by atoms with E-state index in [2.05, 4.69) is 12.2 Å². The third-order valence-corrected chi connectivity index (χ3v) is 4.61. The van der Waals surface area contributed by atoms with Crippen LogP contribution in [0.25, 0.3) is 0 Å². The molecule has 0 bridgehead atoms. The summed E-state index contributed by atoms with van der Waals surface area (Å²) in [6, 6.07) is 13.8. The Balaban J connectivity index is 1.64. The first kappa shape index (κ1) is 17.0. The number of piperidine rings is 1. The van der Waals surface area contributed by atoms with Crippen molar-refractivity contribution in [1.29, 1.82) is 0 Å². The number of anilines is 2. The van der Waals surface area contributed by atoms with Gasteiger partial charge in [0.25, 0.3) is 11.8 Å². The van der Waals surface area contributed by atoms with Gasteiger partial charge in [-0.2, -0.15) is 0 Å². The van der Waals surface area contributed by atoms with Crippen LogP contribution in [-0.2, 0) is 0 Å². The number of rotatable bonds is 3. The van der Waals surface area contributed by atoms with Gasteiger partial charge in [0.15, 0.2) is 0 Å². The van der Waals surface area contributed by atoms with Crippen molar-refractivity contribution in [2.75, 3.05) is 24.1 Å². The predicted molar refractivity (Wildman–Crippen MR) is 99.6 cm³/mol. The quantitative estimate of drug-likeness (QED) is 0.843. The summed E-state index contributed by atoms with van der Waals surface area (Å²) in [5.74, 6) is 0.519. The van der Waals surface area contributed by atoms with E-state index >= 15 is 0 Å². The molecule has 3 N–H and O–H groups in total. The minimum Gasteiger partial charge on any atom is -0.399 e. The average molecular weight is 337 g/mol. The van der Waals surface area contributed by atoms with E-state index in [9.17, 15) is 9.59 Å². The first-order valence-electron chi connectivity index (χ1n) is 8.59. The van der Waals surface area contributed by atoms with Crippen LogP contribution in [0.5, 0.6) is 0 Å². The fourth-order valence-electron chi connectivity index (χ4n) is 2.97. The molecule has 1 fully saturated rings. The second-order valence-corrected chi connectivity index (χ2v) is 6.63. The molecule has 1 aliphatic heterocycles. The Morgan fingerprint density at radius 1 is 1.04 bits per heavy atom. The van der Waals surface area contributed by atoms with E-state index in [1.165, 1.54) is 0 Å². The largest absolute Gasteiger partial charge is 0.399 e. The van der Waals surface area contributed by atoms with Crippen LogP contribution in [0.4, 0.5) is 11.4 Å². The molecule has 0 unspecified atom stereocenters. The standard InChI is InChI=1S/C20H23N3O2/c1-14-9-11-23(12-10-14)20(25)15-5-7-18(8-6-15)22-19(24)16-3-2-4-17(21)13-16/h2-8,13-14H,9-12,21H2,1H3,(H,22,24). The maximum Gasteiger partial charge on any atom is 0.255 e. The number of likely N-dealkylation sites (tertiary alicyclic amines) is 1. The Morgan fingerprint density at radius 3 is 2.36 bits per heavy atom. The van der Waals surface area contributed by atoms with Crippen molar-refractivity contribution in [3.05, 3.63) is 59.7 Å². The third kappa shape index (κ3) is 4.18. The van der Waals surface area contributed by atoms with E-state index in [1.54, 1.807) is 48.5 Å². The summed E-state index contributed by atoms with van der Waals surface area (Å²) in [6.07, 6.45) is 2.11. The smallest absolute Gasteiger partial charge is 0.255 e. The SMILES string of the molecule is CC1CCN(C(=O)c2ccc(NC(=O)c3cccc(N)c3)cc2)CC1. The van der Waals surface area contributed by atoms with E-state index in [0.717, 1.165) is 25.9 Å². The van der Waals surface area contributed by atoms with Gasteiger partial charge in [-0.15, -0.1) is 0 Å². The molecule has 0 radical (unpaired) electrons. The summed E-state index contributed by atoms with van der Waals surface area (Å²) in [5.41, 5.74) is 8.05. The van der Waals surface area contributed by atoms with Crippen molar-refractivity contribution in [2.45, 2.75) is 19.8 Å². The lowest BCUT2D eigenvalue weighted by Crippen LogP contribution is -2.37. The zero-order chi connectivity index (χ0) is 17.8. The van der Waals surface area contributed by atoms with E-state index in [-0.39, 0.29) is 11.8 Å². The van der Waals surface area contributed by atoms with Gasteiger partial charge in [0.1, 0.15) is 0 Å². The summed E-state index contributed by atoms with van der Waals surface area (Å²) in [6.45, 7) is 3.85. The second-order valence-electron chi connectivity index (χ2n) is 6.63. The highest BCUT2D eigenvalue weighted by Gasteiger charge is 2.21. The fourth-order valence-corrected chi connectivity index (χ4v) is 2.97. The van der Waals surface area contributed by atoms with Crippen molar-refractivity contribution in [3.8, 4) is 0 Å². The van der Waals surface area contributed by atoms with Crippen LogP contribution in [-0.4, -0.2) is 29.8 Å². The van der Waals surface area contributed by atoms with Crippen molar-refractivity contribution in [2.24, 2.45) is 5.92 Å². The fraction of sp³-hybridized carbons (Fsp3) is 0.300. The topological polar surface area (TPSA) is 75.4 Å². The molecule has 1 aliphatic rings. The number of hydrogen-bond donors (Lipinski definition) is 2. The number of hydrogen-bond acceptors (Lipinski definition) is 3. The summed E-state index contributed by atoms with van der Waals surface area (Å²) >= 11 is 0. The number of nitrogens with one attached hydrogen (secondary N) is 1. The van der Waals surface area contributed by atoms with E-state index in [0.29, 0.717) is 28.4 Å². The monoisotopic (exact) mass is 337 g/mol. The van der Waals surface area contributed by atoms with Crippen LogP contribution in [0, 0.1) is 5.92 Å². The molecular weight excluding hydrogens is 314 g/mol. The summed E-state index contributed by atoms with van der Waals surface area (Å²) in [4.78, 5) is 26.6. The van der Waals surface area contributed by atoms with Gasteiger partial charge in [0.2, 0.25) is 0 Å². The summed E-state index contributed by atoms with van der Waals surface area (Å²) in [7, 11) is 0. The maximum atomic E-state index is 12.5. The van der Waals surface area contributed by atoms with Crippen LogP contribution < -0.4 is 11.1 Å². The molecule has 2 aromatic rings. The molecule has 0 saturated carbocycles. The maximum absolute atomic E-state index is 12.5. The Bertz CT molecular complexity index is 763. The Morgan fingerprint density at radius 2 is 1.72 bits per heavy atom. The predicted octanol–water partition coefficient (Wildman–Crippen LogP) is 3.39. The van der Waals surface area contributed by atoms with Crippen LogP contribution >= 0.6 is 0 Å². The molecule has 0 aromatic heterocycles. The van der Waals surface area contributed by atoms with E-state index < -0.39 is 0 Å². The van der Waals surface area contributed by atoms with Gasteiger partial charge >= 0.3 is 0 Å². The lowest BCUT2D eigenvalue weighted by Gasteiger charge is -2.30. The van der Waals surface area contributed by atoms with Gasteiger partial charge in [0.05, 0.1) is 0 Å². The van der Waals surface area contributed by atoms with Crippen LogP contribution in [0.3, 0.4) is 0 Å². The molecule has 2 amide bonds. The number of amides is 2. The minimum absolute atomic E-state index is 0.0561. The van der Waals surface area contributed by atoms with Gasteiger partial charge in [-0.05, 0) is 61.2 Å². The molecule has 1 saturated heterocycles. The molecule has 3 rings (SSSR count). The first-order chi connectivity index (χ1) is 12.0. The molecule has 1 heterocycles. The zero-order valence-electron chi connectivity index (χ0n) is 14.4. The number of benzene rings is 2. The Kier molecular flexibility index (Phi) is 5.03. The van der Waals surface area contributed by atoms with Crippen molar-refractivity contribution in [3.63, 3.8) is 0 Å². The molecule has 130 valence electrons. The number of carbonyl (C=O) groups excluding carboxylic acids is 2. The molecule has 0 aliphatic carbocycles. The van der Waals surface area contributed by atoms with Gasteiger partial charge in [-0.25, -0.2) is 0 Å². The van der Waals surface area contributed by atoms with Gasteiger partial charge in [0, 0.05) is 35.6 Å². The van der Waals surface area contributed by atoms with Crippen molar-refractivity contribution >= 4 is 23.2 Å². The molecule has 25 heavy (non-hydrogen) atoms. The normalized spacial score (nSPS) is 15.0. The van der Waals surface area contributed by atoms with E-state index in [4.69, 9.17) is 5.73 Å². The summed E-state index contributed by atoms with van der Waals surface area (Å²) in [5, 5.41) is 2.82. The molecule has 5 nitrogen and oxygen atoms in total. The lowest BCUT2D eigenvalue weighted by atomic mass is 9.98. The lowest BCUT2D eigenvalue weighted by molar-refractivity contribution is 0.0697. The number of nitrogens with zero attached hydrogens (tertiary/aromatic N) is 1. The van der Waals surface area contributed by atoms with Crippen LogP contribution in [0.2, 0.25) is 0 Å². The minimum atomic E-state index is -0.226. The van der Waals surface area contributed by atoms with Gasteiger partial charge in [-0.3, -0.25) is 9.59 Å². The highest BCUT2D eigenvalue weighted by atomic mass is 16.2. The first-order valence-corrected chi connectivity index (χ1v) is 8.59. The number of carbonyl (C=O) groups is 2. The van der Waals surface area contributed by atoms with Crippen molar-refractivity contribution < 1.29 is 9.59 Å². The molecule has 0 atom stereocenters.